The number of hydrazone groups is 1. The third kappa shape index (κ3) is 4.29. The predicted molar refractivity (Wildman–Crippen MR) is 116 cm³/mol. The number of nitrogens with zero attached hydrogens (tertiary/aromatic N) is 2. The number of amides is 1. The molecule has 0 unspecified atom stereocenters. The Bertz CT molecular complexity index is 1180. The van der Waals surface area contributed by atoms with Crippen LogP contribution in [0, 0.1) is 5.82 Å². The highest BCUT2D eigenvalue weighted by atomic mass is 35.5. The SMILES string of the molecule is O=C(N/N=C\c1c(F)cccc1Cl)c1cc(-c2ccc(-c3ccccc3)cc2)n[nH]1. The Hall–Kier alpha value is -3.77. The maximum Gasteiger partial charge on any atom is 0.289 e. The van der Waals surface area contributed by atoms with Crippen molar-refractivity contribution in [1.82, 2.24) is 15.6 Å². The summed E-state index contributed by atoms with van der Waals surface area (Å²) in [6.45, 7) is 0. The maximum atomic E-state index is 13.7. The van der Waals surface area contributed by atoms with Gasteiger partial charge in [-0.05, 0) is 29.3 Å². The van der Waals surface area contributed by atoms with E-state index in [-0.39, 0.29) is 16.3 Å². The molecular weight excluding hydrogens is 403 g/mol. The van der Waals surface area contributed by atoms with Gasteiger partial charge in [0.25, 0.3) is 5.91 Å². The molecule has 1 aromatic heterocycles. The smallest absolute Gasteiger partial charge is 0.272 e. The monoisotopic (exact) mass is 418 g/mol. The second kappa shape index (κ2) is 8.71. The second-order valence-corrected chi connectivity index (χ2v) is 6.85. The second-order valence-electron chi connectivity index (χ2n) is 6.44. The van der Waals surface area contributed by atoms with Crippen LogP contribution in [0.1, 0.15) is 16.1 Å². The summed E-state index contributed by atoms with van der Waals surface area (Å²) in [6, 6.07) is 23.8. The van der Waals surface area contributed by atoms with Crippen LogP contribution >= 0.6 is 11.6 Å². The van der Waals surface area contributed by atoms with E-state index in [0.717, 1.165) is 22.9 Å². The molecule has 0 aliphatic carbocycles. The van der Waals surface area contributed by atoms with Gasteiger partial charge in [-0.1, -0.05) is 72.3 Å². The van der Waals surface area contributed by atoms with E-state index in [0.29, 0.717) is 5.69 Å². The molecule has 1 heterocycles. The van der Waals surface area contributed by atoms with Crippen LogP contribution in [0.15, 0.2) is 84.0 Å². The number of hydrogen-bond donors (Lipinski definition) is 2. The average Bonchev–Trinajstić information content (AvgIpc) is 3.27. The van der Waals surface area contributed by atoms with Gasteiger partial charge in [-0.25, -0.2) is 9.82 Å². The Morgan fingerprint density at radius 1 is 0.967 bits per heavy atom. The molecule has 1 amide bonds. The van der Waals surface area contributed by atoms with Gasteiger partial charge in [-0.3, -0.25) is 9.89 Å². The van der Waals surface area contributed by atoms with Crippen LogP contribution in [0.5, 0.6) is 0 Å². The summed E-state index contributed by atoms with van der Waals surface area (Å²) in [6.07, 6.45) is 1.16. The fourth-order valence-corrected chi connectivity index (χ4v) is 3.11. The van der Waals surface area contributed by atoms with E-state index in [4.69, 9.17) is 11.6 Å². The van der Waals surface area contributed by atoms with Crippen LogP contribution in [-0.2, 0) is 0 Å². The van der Waals surface area contributed by atoms with Crippen LogP contribution in [0.25, 0.3) is 22.4 Å². The van der Waals surface area contributed by atoms with Crippen molar-refractivity contribution in [2.45, 2.75) is 0 Å². The Balaban J connectivity index is 1.45. The molecule has 4 aromatic rings. The molecule has 0 atom stereocenters. The minimum Gasteiger partial charge on any atom is -0.272 e. The average molecular weight is 419 g/mol. The molecule has 0 spiro atoms. The molecule has 0 radical (unpaired) electrons. The molecule has 30 heavy (non-hydrogen) atoms. The molecule has 0 fully saturated rings. The number of halogens is 2. The van der Waals surface area contributed by atoms with Gasteiger partial charge in [0.1, 0.15) is 11.5 Å². The highest BCUT2D eigenvalue weighted by Gasteiger charge is 2.11. The fraction of sp³-hybridized carbons (Fsp3) is 0. The topological polar surface area (TPSA) is 70.1 Å². The summed E-state index contributed by atoms with van der Waals surface area (Å²) in [5.41, 5.74) is 6.37. The predicted octanol–water partition coefficient (Wildman–Crippen LogP) is 5.30. The lowest BCUT2D eigenvalue weighted by atomic mass is 10.0. The van der Waals surface area contributed by atoms with Crippen molar-refractivity contribution in [2.24, 2.45) is 5.10 Å². The number of carbonyl (C=O) groups excluding carboxylic acids is 1. The third-order valence-electron chi connectivity index (χ3n) is 4.47. The first-order chi connectivity index (χ1) is 14.6. The lowest BCUT2D eigenvalue weighted by molar-refractivity contribution is 0.0950. The summed E-state index contributed by atoms with van der Waals surface area (Å²) in [4.78, 5) is 12.3. The van der Waals surface area contributed by atoms with Crippen LogP contribution < -0.4 is 5.43 Å². The number of benzene rings is 3. The molecule has 3 aromatic carbocycles. The van der Waals surface area contributed by atoms with E-state index in [2.05, 4.69) is 20.7 Å². The highest BCUT2D eigenvalue weighted by Crippen LogP contribution is 2.24. The van der Waals surface area contributed by atoms with Crippen LogP contribution in [-0.4, -0.2) is 22.3 Å². The molecule has 5 nitrogen and oxygen atoms in total. The van der Waals surface area contributed by atoms with Crippen molar-refractivity contribution in [1.29, 1.82) is 0 Å². The van der Waals surface area contributed by atoms with Gasteiger partial charge in [-0.2, -0.15) is 10.2 Å². The molecule has 148 valence electrons. The normalized spacial score (nSPS) is 11.0. The summed E-state index contributed by atoms with van der Waals surface area (Å²) in [7, 11) is 0. The molecule has 2 N–H and O–H groups in total. The van der Waals surface area contributed by atoms with E-state index in [1.807, 2.05) is 54.6 Å². The van der Waals surface area contributed by atoms with Gasteiger partial charge < -0.3 is 0 Å². The Morgan fingerprint density at radius 2 is 1.67 bits per heavy atom. The number of nitrogens with one attached hydrogen (secondary N) is 2. The van der Waals surface area contributed by atoms with Crippen LogP contribution in [0.2, 0.25) is 5.02 Å². The number of aromatic amines is 1. The molecule has 0 aliphatic rings. The quantitative estimate of drug-likeness (QED) is 0.341. The third-order valence-corrected chi connectivity index (χ3v) is 4.80. The number of rotatable bonds is 5. The van der Waals surface area contributed by atoms with E-state index < -0.39 is 11.7 Å². The number of aromatic nitrogens is 2. The molecule has 0 bridgehead atoms. The molecular formula is C23H16ClFN4O. The first-order valence-electron chi connectivity index (χ1n) is 9.10. The summed E-state index contributed by atoms with van der Waals surface area (Å²) >= 11 is 5.92. The van der Waals surface area contributed by atoms with Gasteiger partial charge >= 0.3 is 0 Å². The van der Waals surface area contributed by atoms with Gasteiger partial charge in [0.15, 0.2) is 0 Å². The van der Waals surface area contributed by atoms with Gasteiger partial charge in [0, 0.05) is 11.1 Å². The number of carbonyl (C=O) groups is 1. The Labute approximate surface area is 177 Å². The highest BCUT2D eigenvalue weighted by molar-refractivity contribution is 6.33. The lowest BCUT2D eigenvalue weighted by Crippen LogP contribution is -2.18. The van der Waals surface area contributed by atoms with Crippen molar-refractivity contribution >= 4 is 23.7 Å². The summed E-state index contributed by atoms with van der Waals surface area (Å²) in [5.74, 6) is -1.03. The van der Waals surface area contributed by atoms with Gasteiger partial charge in [0.2, 0.25) is 0 Å². The van der Waals surface area contributed by atoms with Gasteiger partial charge in [0.05, 0.1) is 16.9 Å². The van der Waals surface area contributed by atoms with E-state index >= 15 is 0 Å². The van der Waals surface area contributed by atoms with Crippen molar-refractivity contribution in [3.8, 4) is 22.4 Å². The minimum absolute atomic E-state index is 0.100. The first-order valence-corrected chi connectivity index (χ1v) is 9.48. The van der Waals surface area contributed by atoms with Gasteiger partial charge in [-0.15, -0.1) is 0 Å². The lowest BCUT2D eigenvalue weighted by Gasteiger charge is -2.02. The molecule has 0 saturated heterocycles. The van der Waals surface area contributed by atoms with Crippen LogP contribution in [0.4, 0.5) is 4.39 Å². The molecule has 7 heteroatoms. The van der Waals surface area contributed by atoms with Crippen molar-refractivity contribution in [3.05, 3.63) is 101 Å². The largest absolute Gasteiger partial charge is 0.289 e. The Morgan fingerprint density at radius 3 is 2.40 bits per heavy atom. The van der Waals surface area contributed by atoms with Crippen molar-refractivity contribution < 1.29 is 9.18 Å². The Kier molecular flexibility index (Phi) is 5.68. The zero-order valence-corrected chi connectivity index (χ0v) is 16.4. The van der Waals surface area contributed by atoms with E-state index in [1.165, 1.54) is 18.2 Å². The number of hydrogen-bond acceptors (Lipinski definition) is 3. The maximum absolute atomic E-state index is 13.7. The summed E-state index contributed by atoms with van der Waals surface area (Å²) < 4.78 is 13.7. The fourth-order valence-electron chi connectivity index (χ4n) is 2.90. The minimum atomic E-state index is -0.525. The van der Waals surface area contributed by atoms with Crippen LogP contribution in [0.3, 0.4) is 0 Å². The zero-order chi connectivity index (χ0) is 20.9. The standard InChI is InChI=1S/C23H16ClFN4O/c24-19-7-4-8-20(25)18(19)14-26-29-23(30)22-13-21(27-28-22)17-11-9-16(10-12-17)15-5-2-1-3-6-15/h1-14H,(H,27,28)(H,29,30)/b26-14-. The van der Waals surface area contributed by atoms with E-state index in [9.17, 15) is 9.18 Å². The van der Waals surface area contributed by atoms with Crippen molar-refractivity contribution in [3.63, 3.8) is 0 Å². The molecule has 4 rings (SSSR count). The zero-order valence-electron chi connectivity index (χ0n) is 15.6. The van der Waals surface area contributed by atoms with Crippen molar-refractivity contribution in [2.75, 3.05) is 0 Å². The number of H-pyrrole nitrogens is 1. The molecule has 0 saturated carbocycles. The van der Waals surface area contributed by atoms with E-state index in [1.54, 1.807) is 6.07 Å². The molecule has 0 aliphatic heterocycles. The summed E-state index contributed by atoms with van der Waals surface area (Å²) in [5, 5.41) is 10.8. The first kappa shape index (κ1) is 19.5.